The minimum Gasteiger partial charge on any atom is -0.298 e. The van der Waals surface area contributed by atoms with Crippen molar-refractivity contribution < 1.29 is 4.79 Å². The molecule has 0 aliphatic heterocycles. The lowest BCUT2D eigenvalue weighted by Crippen LogP contribution is -1.83. The molecular weight excluding hydrogens is 340 g/mol. The number of rotatable bonds is 1. The summed E-state index contributed by atoms with van der Waals surface area (Å²) in [4.78, 5) is 10.5. The topological polar surface area (TPSA) is 17.1 Å². The Bertz CT molecular complexity index is 296. The van der Waals surface area contributed by atoms with Crippen LogP contribution in [0.3, 0.4) is 0 Å². The third-order valence-corrected chi connectivity index (χ3v) is 3.65. The molecule has 0 radical (unpaired) electrons. The third kappa shape index (κ3) is 2.13. The molecule has 0 saturated carbocycles. The first-order chi connectivity index (χ1) is 5.15. The summed E-state index contributed by atoms with van der Waals surface area (Å²) < 4.78 is 2.54. The van der Waals surface area contributed by atoms with Gasteiger partial charge in [-0.3, -0.25) is 4.79 Å². The van der Waals surface area contributed by atoms with E-state index in [1.807, 2.05) is 6.07 Å². The van der Waals surface area contributed by atoms with Crippen molar-refractivity contribution in [2.45, 2.75) is 0 Å². The maximum Gasteiger partial charge on any atom is 0.151 e. The summed E-state index contributed by atoms with van der Waals surface area (Å²) in [6.45, 7) is 0. The number of halogens is 3. The molecule has 0 unspecified atom stereocenters. The van der Waals surface area contributed by atoms with Gasteiger partial charge in [0.15, 0.2) is 6.29 Å². The van der Waals surface area contributed by atoms with Gasteiger partial charge in [-0.05, 0) is 44.0 Å². The molecule has 4 heteroatoms. The largest absolute Gasteiger partial charge is 0.298 e. The number of benzene rings is 1. The van der Waals surface area contributed by atoms with Crippen LogP contribution in [0.4, 0.5) is 0 Å². The van der Waals surface area contributed by atoms with Gasteiger partial charge in [-0.2, -0.15) is 0 Å². The second-order valence-electron chi connectivity index (χ2n) is 1.91. The van der Waals surface area contributed by atoms with E-state index in [4.69, 9.17) is 0 Å². The molecule has 58 valence electrons. The van der Waals surface area contributed by atoms with E-state index in [0.717, 1.165) is 19.7 Å². The van der Waals surface area contributed by atoms with Gasteiger partial charge in [0.25, 0.3) is 0 Å². The quantitative estimate of drug-likeness (QED) is 0.560. The van der Waals surface area contributed by atoms with Crippen LogP contribution >= 0.6 is 47.8 Å². The average molecular weight is 343 g/mol. The molecular formula is C7H3Br3O. The van der Waals surface area contributed by atoms with Crippen LogP contribution in [0.15, 0.2) is 25.6 Å². The summed E-state index contributed by atoms with van der Waals surface area (Å²) in [5, 5.41) is 0. The van der Waals surface area contributed by atoms with Gasteiger partial charge >= 0.3 is 0 Å². The first-order valence-electron chi connectivity index (χ1n) is 2.75. The van der Waals surface area contributed by atoms with Crippen LogP contribution < -0.4 is 0 Å². The lowest BCUT2D eigenvalue weighted by atomic mass is 10.2. The number of hydrogen-bond donors (Lipinski definition) is 0. The molecule has 1 rings (SSSR count). The first kappa shape index (κ1) is 9.42. The summed E-state index contributed by atoms with van der Waals surface area (Å²) in [5.74, 6) is 0. The van der Waals surface area contributed by atoms with Gasteiger partial charge < -0.3 is 0 Å². The maximum absolute atomic E-state index is 10.5. The van der Waals surface area contributed by atoms with Crippen molar-refractivity contribution in [1.29, 1.82) is 0 Å². The van der Waals surface area contributed by atoms with Crippen LogP contribution in [-0.4, -0.2) is 6.29 Å². The SMILES string of the molecule is O=Cc1cc(Br)cc(Br)c1Br. The molecule has 0 aliphatic carbocycles. The Morgan fingerprint density at radius 3 is 2.36 bits per heavy atom. The summed E-state index contributed by atoms with van der Waals surface area (Å²) >= 11 is 9.86. The van der Waals surface area contributed by atoms with Crippen molar-refractivity contribution in [3.63, 3.8) is 0 Å². The van der Waals surface area contributed by atoms with Crippen LogP contribution in [0.5, 0.6) is 0 Å². The molecule has 1 nitrogen and oxygen atoms in total. The molecule has 0 amide bonds. The molecule has 0 aliphatic rings. The second-order valence-corrected chi connectivity index (χ2v) is 4.47. The van der Waals surface area contributed by atoms with Crippen LogP contribution in [0.25, 0.3) is 0 Å². The fraction of sp³-hybridized carbons (Fsp3) is 0. The monoisotopic (exact) mass is 340 g/mol. The average Bonchev–Trinajstić information content (AvgIpc) is 1.96. The van der Waals surface area contributed by atoms with E-state index in [-0.39, 0.29) is 0 Å². The molecule has 0 fully saturated rings. The lowest BCUT2D eigenvalue weighted by molar-refractivity contribution is 0.112. The van der Waals surface area contributed by atoms with Crippen molar-refractivity contribution in [2.75, 3.05) is 0 Å². The summed E-state index contributed by atoms with van der Waals surface area (Å²) in [7, 11) is 0. The molecule has 1 aromatic carbocycles. The van der Waals surface area contributed by atoms with Crippen molar-refractivity contribution in [1.82, 2.24) is 0 Å². The zero-order chi connectivity index (χ0) is 8.43. The zero-order valence-electron chi connectivity index (χ0n) is 5.27. The fourth-order valence-electron chi connectivity index (χ4n) is 0.662. The highest BCUT2D eigenvalue weighted by atomic mass is 79.9. The Balaban J connectivity index is 3.35. The Hall–Kier alpha value is 0.330. The van der Waals surface area contributed by atoms with E-state index in [0.29, 0.717) is 5.56 Å². The molecule has 0 atom stereocenters. The molecule has 0 aromatic heterocycles. The van der Waals surface area contributed by atoms with Crippen LogP contribution in [-0.2, 0) is 0 Å². The summed E-state index contributed by atoms with van der Waals surface area (Å²) in [5.41, 5.74) is 0.631. The van der Waals surface area contributed by atoms with Crippen LogP contribution in [0, 0.1) is 0 Å². The second kappa shape index (κ2) is 3.83. The van der Waals surface area contributed by atoms with Gasteiger partial charge in [0.2, 0.25) is 0 Å². The molecule has 0 heterocycles. The predicted octanol–water partition coefficient (Wildman–Crippen LogP) is 3.79. The minimum absolute atomic E-state index is 0.631. The fourth-order valence-corrected chi connectivity index (χ4v) is 2.24. The Kier molecular flexibility index (Phi) is 3.28. The predicted molar refractivity (Wildman–Crippen MR) is 54.9 cm³/mol. The smallest absolute Gasteiger partial charge is 0.151 e. The molecule has 0 bridgehead atoms. The normalized spacial score (nSPS) is 9.73. The van der Waals surface area contributed by atoms with Gasteiger partial charge in [-0.15, -0.1) is 0 Å². The van der Waals surface area contributed by atoms with Crippen molar-refractivity contribution in [3.05, 3.63) is 31.1 Å². The highest BCUT2D eigenvalue weighted by molar-refractivity contribution is 9.13. The minimum atomic E-state index is 0.631. The number of hydrogen-bond acceptors (Lipinski definition) is 1. The van der Waals surface area contributed by atoms with E-state index in [9.17, 15) is 4.79 Å². The van der Waals surface area contributed by atoms with E-state index >= 15 is 0 Å². The van der Waals surface area contributed by atoms with Crippen molar-refractivity contribution >= 4 is 54.1 Å². The van der Waals surface area contributed by atoms with Gasteiger partial charge in [0, 0.05) is 19.0 Å². The lowest BCUT2D eigenvalue weighted by Gasteiger charge is -1.99. The molecule has 0 N–H and O–H groups in total. The standard InChI is InChI=1S/C7H3Br3O/c8-5-1-4(3-11)7(10)6(9)2-5/h1-3H. The third-order valence-electron chi connectivity index (χ3n) is 1.15. The van der Waals surface area contributed by atoms with Gasteiger partial charge in [0.05, 0.1) is 0 Å². The van der Waals surface area contributed by atoms with E-state index in [1.54, 1.807) is 6.07 Å². The van der Waals surface area contributed by atoms with Crippen molar-refractivity contribution in [3.8, 4) is 0 Å². The molecule has 0 spiro atoms. The van der Waals surface area contributed by atoms with E-state index < -0.39 is 0 Å². The van der Waals surface area contributed by atoms with Gasteiger partial charge in [0.1, 0.15) is 0 Å². The van der Waals surface area contributed by atoms with Gasteiger partial charge in [-0.1, -0.05) is 15.9 Å². The van der Waals surface area contributed by atoms with Crippen LogP contribution in [0.2, 0.25) is 0 Å². The highest BCUT2D eigenvalue weighted by Crippen LogP contribution is 2.29. The van der Waals surface area contributed by atoms with E-state index in [1.165, 1.54) is 0 Å². The zero-order valence-corrected chi connectivity index (χ0v) is 10.0. The van der Waals surface area contributed by atoms with Crippen LogP contribution in [0.1, 0.15) is 10.4 Å². The summed E-state index contributed by atoms with van der Waals surface area (Å²) in [6.07, 6.45) is 0.805. The van der Waals surface area contributed by atoms with E-state index in [2.05, 4.69) is 47.8 Å². The Morgan fingerprint density at radius 2 is 1.82 bits per heavy atom. The molecule has 11 heavy (non-hydrogen) atoms. The Morgan fingerprint density at radius 1 is 1.18 bits per heavy atom. The Labute approximate surface area is 89.6 Å². The molecule has 0 saturated heterocycles. The number of aldehydes is 1. The number of carbonyl (C=O) groups is 1. The van der Waals surface area contributed by atoms with Gasteiger partial charge in [-0.25, -0.2) is 0 Å². The summed E-state index contributed by atoms with van der Waals surface area (Å²) in [6, 6.07) is 3.62. The number of carbonyl (C=O) groups excluding carboxylic acids is 1. The molecule has 1 aromatic rings. The highest BCUT2D eigenvalue weighted by Gasteiger charge is 2.03. The first-order valence-corrected chi connectivity index (χ1v) is 5.13. The van der Waals surface area contributed by atoms with Crippen molar-refractivity contribution in [2.24, 2.45) is 0 Å². The maximum atomic E-state index is 10.5.